The molecule has 0 saturated heterocycles. The topological polar surface area (TPSA) is 84.7 Å². The highest BCUT2D eigenvalue weighted by Crippen LogP contribution is 2.26. The van der Waals surface area contributed by atoms with Crippen molar-refractivity contribution in [2.75, 3.05) is 23.9 Å². The second-order valence-corrected chi connectivity index (χ2v) is 12.1. The molecule has 39 heavy (non-hydrogen) atoms. The quantitative estimate of drug-likeness (QED) is 0.146. The maximum atomic E-state index is 13.4. The van der Waals surface area contributed by atoms with Gasteiger partial charge in [-0.05, 0) is 42.2 Å². The third kappa shape index (κ3) is 9.71. The Morgan fingerprint density at radius 2 is 1.67 bits per heavy atom. The number of nitrogens with zero attached hydrogens (tertiary/aromatic N) is 1. The minimum absolute atomic E-state index is 0.152. The van der Waals surface area contributed by atoms with Crippen LogP contribution in [0.4, 0.5) is 10.1 Å². The Morgan fingerprint density at radius 1 is 1.05 bits per heavy atom. The van der Waals surface area contributed by atoms with E-state index < -0.39 is 29.4 Å². The van der Waals surface area contributed by atoms with Crippen LogP contribution in [0.3, 0.4) is 0 Å². The summed E-state index contributed by atoms with van der Waals surface area (Å²) in [6.45, 7) is 3.80. The molecule has 0 heterocycles. The average Bonchev–Trinajstić information content (AvgIpc) is 2.84. The first-order valence-corrected chi connectivity index (χ1v) is 14.2. The summed E-state index contributed by atoms with van der Waals surface area (Å²) < 4.78 is 19.3. The van der Waals surface area contributed by atoms with Crippen LogP contribution >= 0.6 is 11.6 Å². The van der Waals surface area contributed by atoms with Crippen molar-refractivity contribution in [2.24, 2.45) is 5.73 Å². The Morgan fingerprint density at radius 3 is 2.21 bits per heavy atom. The Hall–Kier alpha value is -2.25. The molecule has 2 aromatic rings. The number of ether oxygens (including phenoxy) is 1. The number of nitrogens with two attached hydrogens (primary N) is 1. The molecule has 0 aromatic heterocycles. The molecule has 0 saturated carbocycles. The predicted molar refractivity (Wildman–Crippen MR) is 176 cm³/mol. The van der Waals surface area contributed by atoms with Gasteiger partial charge in [0.2, 0.25) is 5.91 Å². The van der Waals surface area contributed by atoms with Gasteiger partial charge in [-0.25, -0.2) is 9.18 Å². The number of hydrogen-bond acceptors (Lipinski definition) is 5. The zero-order chi connectivity index (χ0) is 29.4. The van der Waals surface area contributed by atoms with Crippen molar-refractivity contribution in [3.8, 4) is 0 Å². The van der Waals surface area contributed by atoms with E-state index in [1.807, 2.05) is 65.3 Å². The lowest BCUT2D eigenvalue weighted by Crippen LogP contribution is -2.55. The molecule has 204 valence electrons. The van der Waals surface area contributed by atoms with Crippen LogP contribution in [0.15, 0.2) is 42.5 Å². The SMILES string of the molecule is Bc1cc(CC(N)C(=O)NC(Cc2ccc(F)cc2)C(=O)OC(B)(B)C(B)(B)B)ccc1N(CCC)CCCl. The molecule has 2 rings (SSSR count). The van der Waals surface area contributed by atoms with E-state index in [0.717, 1.165) is 36.2 Å². The molecule has 0 spiro atoms. The first-order chi connectivity index (χ1) is 18.2. The van der Waals surface area contributed by atoms with Crippen molar-refractivity contribution in [1.82, 2.24) is 5.32 Å². The molecule has 2 atom stereocenters. The molecule has 0 bridgehead atoms. The monoisotopic (exact) mass is 549 g/mol. The van der Waals surface area contributed by atoms with Crippen molar-refractivity contribution < 1.29 is 18.7 Å². The third-order valence-electron chi connectivity index (χ3n) is 7.36. The van der Waals surface area contributed by atoms with E-state index in [2.05, 4.69) is 17.1 Å². The summed E-state index contributed by atoms with van der Waals surface area (Å²) in [6.07, 6.45) is 1.47. The fourth-order valence-corrected chi connectivity index (χ4v) is 4.28. The lowest BCUT2D eigenvalue weighted by Gasteiger charge is -2.40. The normalized spacial score (nSPS) is 13.3. The Kier molecular flexibility index (Phi) is 12.2. The second kappa shape index (κ2) is 14.4. The number of esters is 1. The number of rotatable bonds is 14. The number of carbonyl (C=O) groups excluding carboxylic acids is 2. The summed E-state index contributed by atoms with van der Waals surface area (Å²) >= 11 is 6.00. The lowest BCUT2D eigenvalue weighted by molar-refractivity contribution is -0.151. The number of carbonyl (C=O) groups is 2. The summed E-state index contributed by atoms with van der Waals surface area (Å²) in [4.78, 5) is 28.7. The van der Waals surface area contributed by atoms with Crippen LogP contribution in [0.2, 0.25) is 5.11 Å². The summed E-state index contributed by atoms with van der Waals surface area (Å²) in [5.74, 6) is -0.847. The molecule has 0 fully saturated rings. The standard InChI is InChI=1S/C25H39B6ClFN3O3/c1-2-10-36(11-9-32)21-8-5-16(12-18(21)26)13-19(34)22(37)35-20(14-15-3-6-17(33)7-4-15)23(38)39-25(30,31)24(27,28)29/h3-8,12,19-20H,2,9-11,13-14,26-31,34H2,1H3,(H,35,37). The van der Waals surface area contributed by atoms with E-state index in [-0.39, 0.29) is 17.4 Å². The first-order valence-electron chi connectivity index (χ1n) is 13.6. The molecule has 14 heteroatoms. The molecular formula is C25H39B6ClFN3O3. The zero-order valence-corrected chi connectivity index (χ0v) is 25.2. The van der Waals surface area contributed by atoms with E-state index >= 15 is 0 Å². The van der Waals surface area contributed by atoms with Gasteiger partial charge in [-0.3, -0.25) is 4.79 Å². The predicted octanol–water partition coefficient (Wildman–Crippen LogP) is -3.43. The van der Waals surface area contributed by atoms with E-state index in [1.165, 1.54) is 12.1 Å². The third-order valence-corrected chi connectivity index (χ3v) is 7.53. The molecule has 2 unspecified atom stereocenters. The fourth-order valence-electron chi connectivity index (χ4n) is 4.07. The number of alkyl halides is 1. The van der Waals surface area contributed by atoms with Gasteiger partial charge in [-0.1, -0.05) is 41.8 Å². The summed E-state index contributed by atoms with van der Waals surface area (Å²) in [6, 6.07) is 10.0. The number of halogens is 2. The second-order valence-electron chi connectivity index (χ2n) is 11.7. The van der Waals surface area contributed by atoms with Gasteiger partial charge in [0.05, 0.1) is 29.6 Å². The molecule has 6 nitrogen and oxygen atoms in total. The molecular weight excluding hydrogens is 510 g/mol. The molecule has 0 radical (unpaired) electrons. The fraction of sp³-hybridized carbons (Fsp3) is 0.440. The average molecular weight is 549 g/mol. The highest BCUT2D eigenvalue weighted by atomic mass is 35.5. The number of nitrogens with one attached hydrogen (secondary N) is 1. The van der Waals surface area contributed by atoms with E-state index in [9.17, 15) is 14.0 Å². The number of amides is 1. The van der Waals surface area contributed by atoms with Crippen molar-refractivity contribution in [3.63, 3.8) is 0 Å². The van der Waals surface area contributed by atoms with Crippen LogP contribution in [0.5, 0.6) is 0 Å². The van der Waals surface area contributed by atoms with Crippen molar-refractivity contribution in [2.45, 2.75) is 48.8 Å². The van der Waals surface area contributed by atoms with Gasteiger partial charge < -0.3 is 20.7 Å². The highest BCUT2D eigenvalue weighted by molar-refractivity contribution is 6.67. The van der Waals surface area contributed by atoms with E-state index in [0.29, 0.717) is 17.9 Å². The van der Waals surface area contributed by atoms with Crippen LogP contribution in [-0.2, 0) is 27.2 Å². The number of anilines is 1. The first kappa shape index (κ1) is 33.0. The van der Waals surface area contributed by atoms with E-state index in [4.69, 9.17) is 22.1 Å². The van der Waals surface area contributed by atoms with Crippen LogP contribution in [-0.4, -0.2) is 95.4 Å². The lowest BCUT2D eigenvalue weighted by atomic mass is 9.28. The smallest absolute Gasteiger partial charge is 0.327 e. The van der Waals surface area contributed by atoms with Crippen LogP contribution < -0.4 is 21.4 Å². The molecule has 0 aliphatic rings. The minimum Gasteiger partial charge on any atom is -0.478 e. The Bertz CT molecular complexity index is 1120. The van der Waals surface area contributed by atoms with Gasteiger partial charge in [0.15, 0.2) is 0 Å². The molecule has 2 aromatic carbocycles. The van der Waals surface area contributed by atoms with Gasteiger partial charge in [-0.15, -0.1) is 11.6 Å². The van der Waals surface area contributed by atoms with Crippen molar-refractivity contribution >= 4 is 81.7 Å². The van der Waals surface area contributed by atoms with Gasteiger partial charge in [0, 0.05) is 36.5 Å². The van der Waals surface area contributed by atoms with Gasteiger partial charge in [0.25, 0.3) is 0 Å². The Labute approximate surface area is 243 Å². The highest BCUT2D eigenvalue weighted by Gasteiger charge is 2.38. The largest absolute Gasteiger partial charge is 0.478 e. The van der Waals surface area contributed by atoms with Gasteiger partial charge >= 0.3 is 5.97 Å². The summed E-state index contributed by atoms with van der Waals surface area (Å²) in [7, 11) is 11.7. The van der Waals surface area contributed by atoms with Gasteiger partial charge in [0.1, 0.15) is 35.4 Å². The number of hydrogen-bond donors (Lipinski definition) is 2. The van der Waals surface area contributed by atoms with Crippen LogP contribution in [0, 0.1) is 5.82 Å². The molecule has 3 N–H and O–H groups in total. The van der Waals surface area contributed by atoms with Crippen LogP contribution in [0.25, 0.3) is 0 Å². The maximum Gasteiger partial charge on any atom is 0.327 e. The van der Waals surface area contributed by atoms with Gasteiger partial charge in [-0.2, -0.15) is 0 Å². The van der Waals surface area contributed by atoms with Crippen molar-refractivity contribution in [1.29, 1.82) is 0 Å². The summed E-state index contributed by atoms with van der Waals surface area (Å²) in [5.41, 5.74) is 10.1. The Balaban J connectivity index is 2.18. The summed E-state index contributed by atoms with van der Waals surface area (Å²) in [5, 5.41) is 1.68. The molecule has 0 aliphatic heterocycles. The minimum atomic E-state index is -0.974. The molecule has 0 aliphatic carbocycles. The molecule has 1 amide bonds. The van der Waals surface area contributed by atoms with E-state index in [1.54, 1.807) is 12.1 Å². The zero-order valence-electron chi connectivity index (χ0n) is 24.4. The number of benzene rings is 2. The maximum absolute atomic E-state index is 13.4. The van der Waals surface area contributed by atoms with Crippen LogP contribution in [0.1, 0.15) is 24.5 Å². The van der Waals surface area contributed by atoms with Crippen molar-refractivity contribution in [3.05, 3.63) is 59.4 Å².